The monoisotopic (exact) mass is 385 g/mol. The van der Waals surface area contributed by atoms with E-state index in [2.05, 4.69) is 56.2 Å². The lowest BCUT2D eigenvalue weighted by Gasteiger charge is -2.37. The molecule has 4 heteroatoms. The minimum absolute atomic E-state index is 0.0141. The topological polar surface area (TPSA) is 29.5 Å². The molecule has 146 valence electrons. The maximum absolute atomic E-state index is 13.2. The van der Waals surface area contributed by atoms with Crippen molar-refractivity contribution in [3.05, 3.63) is 51.7 Å². The number of carbonyl (C=O) groups is 1. The molecule has 1 aliphatic heterocycles. The van der Waals surface area contributed by atoms with Gasteiger partial charge in [-0.15, -0.1) is 11.3 Å². The molecule has 0 saturated carbocycles. The molecule has 0 aliphatic carbocycles. The summed E-state index contributed by atoms with van der Waals surface area (Å²) in [4.78, 5) is 16.7. The molecule has 0 bridgehead atoms. The van der Waals surface area contributed by atoms with Crippen molar-refractivity contribution in [1.82, 2.24) is 4.90 Å². The summed E-state index contributed by atoms with van der Waals surface area (Å²) in [6.07, 6.45) is 2.63. The summed E-state index contributed by atoms with van der Waals surface area (Å²) in [6, 6.07) is 10.4. The Balaban J connectivity index is 1.85. The van der Waals surface area contributed by atoms with Gasteiger partial charge in [-0.05, 0) is 58.9 Å². The quantitative estimate of drug-likeness (QED) is 0.661. The Morgan fingerprint density at radius 1 is 1.26 bits per heavy atom. The third-order valence-corrected chi connectivity index (χ3v) is 6.20. The second kappa shape index (κ2) is 8.05. The van der Waals surface area contributed by atoms with Crippen molar-refractivity contribution in [2.24, 2.45) is 11.3 Å². The van der Waals surface area contributed by atoms with Crippen LogP contribution in [0.4, 0.5) is 0 Å². The van der Waals surface area contributed by atoms with Crippen molar-refractivity contribution in [3.63, 3.8) is 0 Å². The van der Waals surface area contributed by atoms with Gasteiger partial charge in [0.05, 0.1) is 13.2 Å². The van der Waals surface area contributed by atoms with Gasteiger partial charge in [-0.1, -0.05) is 39.8 Å². The van der Waals surface area contributed by atoms with Crippen LogP contribution in [0.2, 0.25) is 0 Å². The molecule has 0 saturated heterocycles. The Morgan fingerprint density at radius 2 is 1.96 bits per heavy atom. The molecule has 2 unspecified atom stereocenters. The van der Waals surface area contributed by atoms with E-state index in [1.807, 2.05) is 12.1 Å². The predicted octanol–water partition coefficient (Wildman–Crippen LogP) is 5.69. The van der Waals surface area contributed by atoms with Crippen molar-refractivity contribution >= 4 is 17.2 Å². The molecule has 1 aromatic heterocycles. The SMILES string of the molecule is COc1ccc(C2c3ccsc3CCN2C(=O)CC(C)CC(C)(C)C)cc1. The molecular weight excluding hydrogens is 354 g/mol. The lowest BCUT2D eigenvalue weighted by Crippen LogP contribution is -2.40. The van der Waals surface area contributed by atoms with Crippen LogP contribution in [0, 0.1) is 11.3 Å². The van der Waals surface area contributed by atoms with Gasteiger partial charge in [-0.3, -0.25) is 4.79 Å². The number of thiophene rings is 1. The van der Waals surface area contributed by atoms with Gasteiger partial charge < -0.3 is 9.64 Å². The highest BCUT2D eigenvalue weighted by Gasteiger charge is 2.33. The number of benzene rings is 1. The van der Waals surface area contributed by atoms with Crippen LogP contribution in [-0.4, -0.2) is 24.5 Å². The fourth-order valence-corrected chi connectivity index (χ4v) is 5.17. The third kappa shape index (κ3) is 4.73. The Morgan fingerprint density at radius 3 is 2.59 bits per heavy atom. The largest absolute Gasteiger partial charge is 0.497 e. The first-order valence-corrected chi connectivity index (χ1v) is 10.7. The van der Waals surface area contributed by atoms with Crippen LogP contribution in [0.25, 0.3) is 0 Å². The lowest BCUT2D eigenvalue weighted by atomic mass is 9.83. The first-order chi connectivity index (χ1) is 12.8. The Labute approximate surface area is 167 Å². The van der Waals surface area contributed by atoms with E-state index in [0.717, 1.165) is 30.7 Å². The number of methoxy groups -OCH3 is 1. The van der Waals surface area contributed by atoms with E-state index in [1.165, 1.54) is 10.4 Å². The van der Waals surface area contributed by atoms with Gasteiger partial charge >= 0.3 is 0 Å². The van der Waals surface area contributed by atoms with E-state index >= 15 is 0 Å². The van der Waals surface area contributed by atoms with Crippen LogP contribution in [0.15, 0.2) is 35.7 Å². The number of amides is 1. The Bertz CT molecular complexity index is 772. The summed E-state index contributed by atoms with van der Waals surface area (Å²) in [7, 11) is 1.68. The highest BCUT2D eigenvalue weighted by atomic mass is 32.1. The summed E-state index contributed by atoms with van der Waals surface area (Å²) in [5, 5.41) is 2.15. The second-order valence-electron chi connectivity index (χ2n) is 8.89. The summed E-state index contributed by atoms with van der Waals surface area (Å²) >= 11 is 1.80. The first-order valence-electron chi connectivity index (χ1n) is 9.78. The van der Waals surface area contributed by atoms with Gasteiger partial charge in [0.15, 0.2) is 0 Å². The molecule has 3 rings (SSSR count). The lowest BCUT2D eigenvalue weighted by molar-refractivity contribution is -0.134. The Hall–Kier alpha value is -1.81. The van der Waals surface area contributed by atoms with Crippen LogP contribution in [0.3, 0.4) is 0 Å². The molecule has 0 radical (unpaired) electrons. The van der Waals surface area contributed by atoms with Crippen LogP contribution < -0.4 is 4.74 Å². The number of carbonyl (C=O) groups excluding carboxylic acids is 1. The van der Waals surface area contributed by atoms with Gasteiger partial charge in [0.2, 0.25) is 5.91 Å². The minimum atomic E-state index is 0.0141. The zero-order valence-corrected chi connectivity index (χ0v) is 17.9. The molecule has 0 spiro atoms. The number of hydrogen-bond donors (Lipinski definition) is 0. The van der Waals surface area contributed by atoms with E-state index in [4.69, 9.17) is 4.74 Å². The van der Waals surface area contributed by atoms with Crippen molar-refractivity contribution in [1.29, 1.82) is 0 Å². The molecule has 2 atom stereocenters. The minimum Gasteiger partial charge on any atom is -0.497 e. The predicted molar refractivity (Wildman–Crippen MR) is 112 cm³/mol. The van der Waals surface area contributed by atoms with Gasteiger partial charge in [0.25, 0.3) is 0 Å². The smallest absolute Gasteiger partial charge is 0.223 e. The summed E-state index contributed by atoms with van der Waals surface area (Å²) in [5.74, 6) is 1.50. The number of ether oxygens (including phenoxy) is 1. The van der Waals surface area contributed by atoms with Gasteiger partial charge in [-0.2, -0.15) is 0 Å². The first kappa shape index (κ1) is 19.9. The summed E-state index contributed by atoms with van der Waals surface area (Å²) < 4.78 is 5.31. The average Bonchev–Trinajstić information content (AvgIpc) is 3.08. The van der Waals surface area contributed by atoms with Crippen LogP contribution >= 0.6 is 11.3 Å². The highest BCUT2D eigenvalue weighted by molar-refractivity contribution is 7.10. The number of nitrogens with zero attached hydrogens (tertiary/aromatic N) is 1. The zero-order valence-electron chi connectivity index (χ0n) is 17.1. The molecule has 3 nitrogen and oxygen atoms in total. The fraction of sp³-hybridized carbons (Fsp3) is 0.522. The Kier molecular flexibility index (Phi) is 5.95. The van der Waals surface area contributed by atoms with Gasteiger partial charge in [0, 0.05) is 17.8 Å². The molecule has 2 heterocycles. The summed E-state index contributed by atoms with van der Waals surface area (Å²) in [6.45, 7) is 9.72. The van der Waals surface area contributed by atoms with Crippen molar-refractivity contribution in [3.8, 4) is 5.75 Å². The van der Waals surface area contributed by atoms with Gasteiger partial charge in [-0.25, -0.2) is 0 Å². The van der Waals surface area contributed by atoms with E-state index in [1.54, 1.807) is 18.4 Å². The van der Waals surface area contributed by atoms with Crippen molar-refractivity contribution in [2.45, 2.75) is 53.0 Å². The highest BCUT2D eigenvalue weighted by Crippen LogP contribution is 2.39. The molecule has 1 amide bonds. The van der Waals surface area contributed by atoms with E-state index < -0.39 is 0 Å². The molecule has 0 fully saturated rings. The van der Waals surface area contributed by atoms with Crippen LogP contribution in [-0.2, 0) is 11.2 Å². The van der Waals surface area contributed by atoms with E-state index in [-0.39, 0.29) is 17.4 Å². The van der Waals surface area contributed by atoms with E-state index in [9.17, 15) is 4.79 Å². The fourth-order valence-electron chi connectivity index (χ4n) is 4.26. The standard InChI is InChI=1S/C23H31NO2S/c1-16(15-23(2,3)4)14-21(25)24-12-10-20-19(11-13-27-20)22(24)17-6-8-18(26-5)9-7-17/h6-9,11,13,16,22H,10,12,14-15H2,1-5H3. The third-order valence-electron chi connectivity index (χ3n) is 5.20. The number of fused-ring (bicyclic) bond motifs is 1. The molecular formula is C23H31NO2S. The number of rotatable bonds is 5. The van der Waals surface area contributed by atoms with Crippen molar-refractivity contribution in [2.75, 3.05) is 13.7 Å². The maximum Gasteiger partial charge on any atom is 0.223 e. The molecule has 1 aliphatic rings. The van der Waals surface area contributed by atoms with Crippen LogP contribution in [0.1, 0.15) is 62.6 Å². The zero-order chi connectivity index (χ0) is 19.6. The van der Waals surface area contributed by atoms with Crippen molar-refractivity contribution < 1.29 is 9.53 Å². The number of hydrogen-bond acceptors (Lipinski definition) is 3. The maximum atomic E-state index is 13.2. The van der Waals surface area contributed by atoms with Crippen LogP contribution in [0.5, 0.6) is 5.75 Å². The average molecular weight is 386 g/mol. The summed E-state index contributed by atoms with van der Waals surface area (Å²) in [5.41, 5.74) is 2.69. The normalized spacial score (nSPS) is 18.1. The molecule has 1 aromatic carbocycles. The molecule has 2 aromatic rings. The second-order valence-corrected chi connectivity index (χ2v) is 9.89. The van der Waals surface area contributed by atoms with E-state index in [0.29, 0.717) is 12.3 Å². The molecule has 27 heavy (non-hydrogen) atoms. The molecule has 0 N–H and O–H groups in total. The van der Waals surface area contributed by atoms with Gasteiger partial charge in [0.1, 0.15) is 5.75 Å².